The highest BCUT2D eigenvalue weighted by Gasteiger charge is 2.07. The Balaban J connectivity index is 3.85. The summed E-state index contributed by atoms with van der Waals surface area (Å²) in [6.07, 6.45) is 2.23. The van der Waals surface area contributed by atoms with Gasteiger partial charge in [-0.15, -0.1) is 0 Å². The maximum Gasteiger partial charge on any atom is 0.336 e. The predicted molar refractivity (Wildman–Crippen MR) is 52.5 cm³/mol. The van der Waals surface area contributed by atoms with Crippen molar-refractivity contribution in [2.45, 2.75) is 20.0 Å². The van der Waals surface area contributed by atoms with Gasteiger partial charge >= 0.3 is 5.97 Å². The quantitative estimate of drug-likeness (QED) is 0.229. The van der Waals surface area contributed by atoms with Gasteiger partial charge in [0.2, 0.25) is 0 Å². The molecule has 0 aliphatic carbocycles. The number of esters is 1. The average Bonchev–Trinajstić information content (AvgIpc) is 2.14. The van der Waals surface area contributed by atoms with E-state index < -0.39 is 12.1 Å². The van der Waals surface area contributed by atoms with E-state index in [9.17, 15) is 4.79 Å². The van der Waals surface area contributed by atoms with Crippen LogP contribution in [0, 0.1) is 0 Å². The van der Waals surface area contributed by atoms with Crippen LogP contribution in [0.25, 0.3) is 0 Å². The molecule has 0 bridgehead atoms. The molecule has 0 radical (unpaired) electrons. The monoisotopic (exact) mass is 200 g/mol. The molecule has 0 aromatic heterocycles. The molecule has 0 aromatic carbocycles. The SMILES string of the molecule is C=CCO/C=C(\C)C(=O)OCC(C)O. The summed E-state index contributed by atoms with van der Waals surface area (Å²) in [5, 5.41) is 8.86. The highest BCUT2D eigenvalue weighted by Crippen LogP contribution is 1.98. The van der Waals surface area contributed by atoms with Crippen LogP contribution in [0.15, 0.2) is 24.5 Å². The van der Waals surface area contributed by atoms with Crippen LogP contribution in [0.5, 0.6) is 0 Å². The molecule has 80 valence electrons. The third kappa shape index (κ3) is 6.25. The van der Waals surface area contributed by atoms with Crippen LogP contribution in [0.1, 0.15) is 13.8 Å². The Morgan fingerprint density at radius 1 is 1.64 bits per heavy atom. The topological polar surface area (TPSA) is 55.8 Å². The molecule has 0 rings (SSSR count). The van der Waals surface area contributed by atoms with Crippen molar-refractivity contribution >= 4 is 5.97 Å². The van der Waals surface area contributed by atoms with Gasteiger partial charge in [0, 0.05) is 0 Å². The van der Waals surface area contributed by atoms with Crippen LogP contribution in [-0.2, 0) is 14.3 Å². The minimum Gasteiger partial charge on any atom is -0.497 e. The van der Waals surface area contributed by atoms with E-state index in [-0.39, 0.29) is 6.61 Å². The predicted octanol–water partition coefficient (Wildman–Crippen LogP) is 1.02. The fourth-order valence-electron chi connectivity index (χ4n) is 0.599. The highest BCUT2D eigenvalue weighted by molar-refractivity contribution is 5.87. The number of ether oxygens (including phenoxy) is 2. The van der Waals surface area contributed by atoms with Crippen molar-refractivity contribution in [1.82, 2.24) is 0 Å². The zero-order valence-corrected chi connectivity index (χ0v) is 8.53. The summed E-state index contributed by atoms with van der Waals surface area (Å²) in [4.78, 5) is 11.1. The molecule has 0 amide bonds. The minimum absolute atomic E-state index is 0.00846. The second kappa shape index (κ2) is 7.15. The molecule has 0 saturated heterocycles. The lowest BCUT2D eigenvalue weighted by molar-refractivity contribution is -0.141. The fraction of sp³-hybridized carbons (Fsp3) is 0.500. The van der Waals surface area contributed by atoms with Gasteiger partial charge < -0.3 is 14.6 Å². The number of aliphatic hydroxyl groups is 1. The maximum absolute atomic E-state index is 11.1. The summed E-state index contributed by atoms with van der Waals surface area (Å²) in [5.74, 6) is -0.491. The number of rotatable bonds is 6. The first kappa shape index (κ1) is 12.7. The zero-order valence-electron chi connectivity index (χ0n) is 8.53. The second-order valence-electron chi connectivity index (χ2n) is 2.87. The Labute approximate surface area is 83.8 Å². The first-order valence-electron chi connectivity index (χ1n) is 4.32. The molecule has 0 fully saturated rings. The van der Waals surface area contributed by atoms with Crippen LogP contribution >= 0.6 is 0 Å². The summed E-state index contributed by atoms with van der Waals surface area (Å²) < 4.78 is 9.66. The van der Waals surface area contributed by atoms with Crippen molar-refractivity contribution in [3.63, 3.8) is 0 Å². The van der Waals surface area contributed by atoms with Crippen molar-refractivity contribution in [1.29, 1.82) is 0 Å². The molecule has 0 aliphatic rings. The summed E-state index contributed by atoms with van der Waals surface area (Å²) in [6.45, 7) is 6.92. The molecule has 0 aliphatic heterocycles. The molecule has 0 saturated carbocycles. The van der Waals surface area contributed by atoms with Crippen LogP contribution in [-0.4, -0.2) is 30.4 Å². The molecule has 4 heteroatoms. The van der Waals surface area contributed by atoms with Crippen LogP contribution < -0.4 is 0 Å². The molecule has 1 N–H and O–H groups in total. The highest BCUT2D eigenvalue weighted by atomic mass is 16.5. The lowest BCUT2D eigenvalue weighted by Gasteiger charge is -2.06. The van der Waals surface area contributed by atoms with Crippen LogP contribution in [0.2, 0.25) is 0 Å². The van der Waals surface area contributed by atoms with Gasteiger partial charge in [0.15, 0.2) is 0 Å². The smallest absolute Gasteiger partial charge is 0.336 e. The number of aliphatic hydroxyl groups excluding tert-OH is 1. The van der Waals surface area contributed by atoms with Crippen LogP contribution in [0.4, 0.5) is 0 Å². The lowest BCUT2D eigenvalue weighted by Crippen LogP contribution is -2.15. The van der Waals surface area contributed by atoms with Crippen molar-refractivity contribution in [3.05, 3.63) is 24.5 Å². The third-order valence-electron chi connectivity index (χ3n) is 1.25. The van der Waals surface area contributed by atoms with Gasteiger partial charge in [-0.25, -0.2) is 4.79 Å². The van der Waals surface area contributed by atoms with E-state index in [1.807, 2.05) is 0 Å². The third-order valence-corrected chi connectivity index (χ3v) is 1.25. The van der Waals surface area contributed by atoms with E-state index in [0.29, 0.717) is 12.2 Å². The van der Waals surface area contributed by atoms with E-state index in [4.69, 9.17) is 14.6 Å². The van der Waals surface area contributed by atoms with E-state index >= 15 is 0 Å². The standard InChI is InChI=1S/C10H16O4/c1-4-5-13-6-8(2)10(12)14-7-9(3)11/h4,6,9,11H,1,5,7H2,2-3H3/b8-6+. The number of carbonyl (C=O) groups excluding carboxylic acids is 1. The first-order valence-corrected chi connectivity index (χ1v) is 4.32. The molecule has 14 heavy (non-hydrogen) atoms. The summed E-state index contributed by atoms with van der Waals surface area (Å²) >= 11 is 0. The Bertz CT molecular complexity index is 218. The first-order chi connectivity index (χ1) is 6.57. The van der Waals surface area contributed by atoms with E-state index in [2.05, 4.69) is 6.58 Å². The largest absolute Gasteiger partial charge is 0.497 e. The Kier molecular flexibility index (Phi) is 6.49. The van der Waals surface area contributed by atoms with E-state index in [1.165, 1.54) is 6.26 Å². The molecule has 1 unspecified atom stereocenters. The van der Waals surface area contributed by atoms with E-state index in [0.717, 1.165) is 0 Å². The molecule has 0 spiro atoms. The minimum atomic E-state index is -0.652. The van der Waals surface area contributed by atoms with Gasteiger partial charge in [-0.1, -0.05) is 12.7 Å². The van der Waals surface area contributed by atoms with Crippen molar-refractivity contribution in [2.75, 3.05) is 13.2 Å². The zero-order chi connectivity index (χ0) is 11.0. The van der Waals surface area contributed by atoms with Crippen molar-refractivity contribution < 1.29 is 19.4 Å². The maximum atomic E-state index is 11.1. The van der Waals surface area contributed by atoms with Crippen molar-refractivity contribution in [2.24, 2.45) is 0 Å². The Morgan fingerprint density at radius 3 is 2.79 bits per heavy atom. The lowest BCUT2D eigenvalue weighted by atomic mass is 10.3. The molecule has 1 atom stereocenters. The van der Waals surface area contributed by atoms with Gasteiger partial charge in [-0.3, -0.25) is 0 Å². The van der Waals surface area contributed by atoms with Gasteiger partial charge in [0.05, 0.1) is 17.9 Å². The van der Waals surface area contributed by atoms with Gasteiger partial charge in [-0.05, 0) is 13.8 Å². The second-order valence-corrected chi connectivity index (χ2v) is 2.87. The molecule has 0 heterocycles. The van der Waals surface area contributed by atoms with E-state index in [1.54, 1.807) is 19.9 Å². The number of hydrogen-bond acceptors (Lipinski definition) is 4. The number of hydrogen-bond donors (Lipinski definition) is 1. The molecular weight excluding hydrogens is 184 g/mol. The van der Waals surface area contributed by atoms with Crippen molar-refractivity contribution in [3.8, 4) is 0 Å². The van der Waals surface area contributed by atoms with Gasteiger partial charge in [-0.2, -0.15) is 0 Å². The molecular formula is C10H16O4. The normalized spacial score (nSPS) is 13.2. The Hall–Kier alpha value is -1.29. The Morgan fingerprint density at radius 2 is 2.29 bits per heavy atom. The summed E-state index contributed by atoms with van der Waals surface area (Å²) in [7, 11) is 0. The molecule has 0 aromatic rings. The van der Waals surface area contributed by atoms with Crippen LogP contribution in [0.3, 0.4) is 0 Å². The summed E-state index contributed by atoms with van der Waals surface area (Å²) in [5.41, 5.74) is 0.354. The van der Waals surface area contributed by atoms with Gasteiger partial charge in [0.1, 0.15) is 13.2 Å². The fourth-order valence-corrected chi connectivity index (χ4v) is 0.599. The summed E-state index contributed by atoms with van der Waals surface area (Å²) in [6, 6.07) is 0. The average molecular weight is 200 g/mol. The number of carbonyl (C=O) groups is 1. The van der Waals surface area contributed by atoms with Gasteiger partial charge in [0.25, 0.3) is 0 Å². The molecule has 4 nitrogen and oxygen atoms in total.